The molecule has 1 atom stereocenters. The van der Waals surface area contributed by atoms with E-state index in [0.29, 0.717) is 31.2 Å². The number of nitrogens with zero attached hydrogens (tertiary/aromatic N) is 1. The molecule has 1 amide bonds. The summed E-state index contributed by atoms with van der Waals surface area (Å²) in [6.07, 6.45) is 2.64. The largest absolute Gasteiger partial charge is 0.475 e. The van der Waals surface area contributed by atoms with Gasteiger partial charge in [0, 0.05) is 25.6 Å². The maximum Gasteiger partial charge on any atom is 0.225 e. The third kappa shape index (κ3) is 6.17. The molecule has 6 nitrogen and oxygen atoms in total. The van der Waals surface area contributed by atoms with Crippen LogP contribution in [0.15, 0.2) is 18.3 Å². The van der Waals surface area contributed by atoms with Crippen LogP contribution in [0.1, 0.15) is 19.8 Å². The van der Waals surface area contributed by atoms with Gasteiger partial charge in [0.05, 0.1) is 18.5 Å². The van der Waals surface area contributed by atoms with Gasteiger partial charge in [-0.05, 0) is 12.5 Å². The van der Waals surface area contributed by atoms with Gasteiger partial charge in [-0.25, -0.2) is 4.98 Å². The predicted molar refractivity (Wildman–Crippen MR) is 73.1 cm³/mol. The van der Waals surface area contributed by atoms with E-state index in [4.69, 9.17) is 15.2 Å². The summed E-state index contributed by atoms with van der Waals surface area (Å²) in [5.41, 5.74) is 6.34. The highest BCUT2D eigenvalue weighted by atomic mass is 16.5. The maximum absolute atomic E-state index is 11.6. The lowest BCUT2D eigenvalue weighted by molar-refractivity contribution is -0.116. The van der Waals surface area contributed by atoms with Crippen molar-refractivity contribution in [2.75, 3.05) is 25.6 Å². The first-order valence-electron chi connectivity index (χ1n) is 6.29. The number of anilines is 1. The summed E-state index contributed by atoms with van der Waals surface area (Å²) in [5, 5.41) is 2.74. The van der Waals surface area contributed by atoms with Crippen LogP contribution in [-0.4, -0.2) is 37.3 Å². The second kappa shape index (κ2) is 8.44. The molecule has 1 rings (SSSR count). The predicted octanol–water partition coefficient (Wildman–Crippen LogP) is 1.17. The fraction of sp³-hybridized carbons (Fsp3) is 0.538. The maximum atomic E-state index is 11.6. The molecule has 0 saturated carbocycles. The molecule has 19 heavy (non-hydrogen) atoms. The van der Waals surface area contributed by atoms with Gasteiger partial charge in [0.2, 0.25) is 11.8 Å². The third-order valence-corrected chi connectivity index (χ3v) is 2.53. The highest BCUT2D eigenvalue weighted by Gasteiger charge is 2.08. The molecular formula is C13H21N3O3. The van der Waals surface area contributed by atoms with E-state index < -0.39 is 0 Å². The average molecular weight is 267 g/mol. The van der Waals surface area contributed by atoms with Gasteiger partial charge >= 0.3 is 0 Å². The minimum absolute atomic E-state index is 0.107. The Labute approximate surface area is 113 Å². The van der Waals surface area contributed by atoms with Crippen LogP contribution in [0.5, 0.6) is 5.88 Å². The minimum atomic E-state index is -0.107. The SMILES string of the molecule is CCC(N)CC(=O)Nc1ccc(OCCOC)nc1. The molecule has 0 spiro atoms. The Morgan fingerprint density at radius 1 is 1.47 bits per heavy atom. The smallest absolute Gasteiger partial charge is 0.225 e. The molecule has 1 aromatic rings. The van der Waals surface area contributed by atoms with Crippen molar-refractivity contribution in [3.63, 3.8) is 0 Å². The quantitative estimate of drug-likeness (QED) is 0.690. The Bertz CT molecular complexity index is 381. The monoisotopic (exact) mass is 267 g/mol. The number of nitrogens with two attached hydrogens (primary N) is 1. The summed E-state index contributed by atoms with van der Waals surface area (Å²) < 4.78 is 10.2. The van der Waals surface area contributed by atoms with Gasteiger partial charge < -0.3 is 20.5 Å². The number of nitrogens with one attached hydrogen (secondary N) is 1. The molecule has 0 aliphatic carbocycles. The molecule has 0 radical (unpaired) electrons. The van der Waals surface area contributed by atoms with Crippen molar-refractivity contribution >= 4 is 11.6 Å². The first kappa shape index (κ1) is 15.4. The zero-order valence-electron chi connectivity index (χ0n) is 11.4. The van der Waals surface area contributed by atoms with Crippen LogP contribution in [0.2, 0.25) is 0 Å². The third-order valence-electron chi connectivity index (χ3n) is 2.53. The molecule has 0 aromatic carbocycles. The summed E-state index contributed by atoms with van der Waals surface area (Å²) in [5.74, 6) is 0.393. The number of ether oxygens (including phenoxy) is 2. The molecule has 0 fully saturated rings. The highest BCUT2D eigenvalue weighted by molar-refractivity contribution is 5.90. The van der Waals surface area contributed by atoms with Crippen molar-refractivity contribution < 1.29 is 14.3 Å². The molecular weight excluding hydrogens is 246 g/mol. The Morgan fingerprint density at radius 3 is 2.84 bits per heavy atom. The standard InChI is InChI=1S/C13H21N3O3/c1-3-10(14)8-12(17)16-11-4-5-13(15-9-11)19-7-6-18-2/h4-5,9-10H,3,6-8,14H2,1-2H3,(H,16,17). The van der Waals surface area contributed by atoms with Crippen LogP contribution in [0.25, 0.3) is 0 Å². The second-order valence-corrected chi connectivity index (χ2v) is 4.15. The second-order valence-electron chi connectivity index (χ2n) is 4.15. The van der Waals surface area contributed by atoms with Gasteiger partial charge in [-0.3, -0.25) is 4.79 Å². The van der Waals surface area contributed by atoms with Gasteiger partial charge in [-0.1, -0.05) is 6.92 Å². The van der Waals surface area contributed by atoms with Crippen LogP contribution >= 0.6 is 0 Å². The first-order chi connectivity index (χ1) is 9.15. The highest BCUT2D eigenvalue weighted by Crippen LogP contribution is 2.12. The topological polar surface area (TPSA) is 86.5 Å². The summed E-state index contributed by atoms with van der Waals surface area (Å²) in [4.78, 5) is 15.7. The van der Waals surface area contributed by atoms with Crippen molar-refractivity contribution in [2.24, 2.45) is 5.73 Å². The normalized spacial score (nSPS) is 11.9. The Kier molecular flexibility index (Phi) is 6.84. The molecule has 0 saturated heterocycles. The number of carbonyl (C=O) groups is 1. The Hall–Kier alpha value is -1.66. The number of hydrogen-bond donors (Lipinski definition) is 2. The van der Waals surface area contributed by atoms with Crippen molar-refractivity contribution in [1.82, 2.24) is 4.98 Å². The van der Waals surface area contributed by atoms with E-state index in [0.717, 1.165) is 6.42 Å². The number of pyridine rings is 1. The zero-order chi connectivity index (χ0) is 14.1. The van der Waals surface area contributed by atoms with Gasteiger partial charge in [0.1, 0.15) is 6.61 Å². The number of carbonyl (C=O) groups excluding carboxylic acids is 1. The lowest BCUT2D eigenvalue weighted by atomic mass is 10.1. The minimum Gasteiger partial charge on any atom is -0.475 e. The van der Waals surface area contributed by atoms with E-state index in [1.165, 1.54) is 0 Å². The summed E-state index contributed by atoms with van der Waals surface area (Å²) in [6, 6.07) is 3.33. The van der Waals surface area contributed by atoms with Gasteiger partial charge in [-0.15, -0.1) is 0 Å². The summed E-state index contributed by atoms with van der Waals surface area (Å²) >= 11 is 0. The Balaban J connectivity index is 2.41. The van der Waals surface area contributed by atoms with E-state index in [2.05, 4.69) is 10.3 Å². The van der Waals surface area contributed by atoms with Gasteiger partial charge in [0.25, 0.3) is 0 Å². The molecule has 6 heteroatoms. The summed E-state index contributed by atoms with van der Waals surface area (Å²) in [6.45, 7) is 2.90. The fourth-order valence-electron chi connectivity index (χ4n) is 1.36. The molecule has 0 aliphatic rings. The number of amides is 1. The van der Waals surface area contributed by atoms with E-state index in [1.807, 2.05) is 6.92 Å². The lowest BCUT2D eigenvalue weighted by Crippen LogP contribution is -2.26. The Morgan fingerprint density at radius 2 is 2.26 bits per heavy atom. The van der Waals surface area contributed by atoms with E-state index >= 15 is 0 Å². The summed E-state index contributed by atoms with van der Waals surface area (Å²) in [7, 11) is 1.61. The molecule has 3 N–H and O–H groups in total. The van der Waals surface area contributed by atoms with Crippen molar-refractivity contribution in [3.8, 4) is 5.88 Å². The van der Waals surface area contributed by atoms with Crippen LogP contribution < -0.4 is 15.8 Å². The van der Waals surface area contributed by atoms with E-state index in [1.54, 1.807) is 25.4 Å². The van der Waals surface area contributed by atoms with Crippen LogP contribution in [-0.2, 0) is 9.53 Å². The molecule has 1 heterocycles. The average Bonchev–Trinajstić information content (AvgIpc) is 2.40. The van der Waals surface area contributed by atoms with Crippen molar-refractivity contribution in [2.45, 2.75) is 25.8 Å². The zero-order valence-corrected chi connectivity index (χ0v) is 11.4. The molecule has 1 aromatic heterocycles. The number of aromatic nitrogens is 1. The van der Waals surface area contributed by atoms with Gasteiger partial charge in [-0.2, -0.15) is 0 Å². The van der Waals surface area contributed by atoms with E-state index in [-0.39, 0.29) is 11.9 Å². The van der Waals surface area contributed by atoms with Gasteiger partial charge in [0.15, 0.2) is 0 Å². The number of rotatable bonds is 8. The first-order valence-corrected chi connectivity index (χ1v) is 6.29. The lowest BCUT2D eigenvalue weighted by Gasteiger charge is -2.09. The molecule has 1 unspecified atom stereocenters. The van der Waals surface area contributed by atoms with Crippen LogP contribution in [0.4, 0.5) is 5.69 Å². The number of methoxy groups -OCH3 is 1. The van der Waals surface area contributed by atoms with Crippen molar-refractivity contribution in [1.29, 1.82) is 0 Å². The van der Waals surface area contributed by atoms with Crippen LogP contribution in [0, 0.1) is 0 Å². The molecule has 0 bridgehead atoms. The number of hydrogen-bond acceptors (Lipinski definition) is 5. The van der Waals surface area contributed by atoms with E-state index in [9.17, 15) is 4.79 Å². The van der Waals surface area contributed by atoms with Crippen molar-refractivity contribution in [3.05, 3.63) is 18.3 Å². The fourth-order valence-corrected chi connectivity index (χ4v) is 1.36. The van der Waals surface area contributed by atoms with Crippen LogP contribution in [0.3, 0.4) is 0 Å². The molecule has 0 aliphatic heterocycles. The molecule has 106 valence electrons.